The monoisotopic (exact) mass is 284 g/mol. The van der Waals surface area contributed by atoms with Crippen molar-refractivity contribution in [3.05, 3.63) is 35.0 Å². The average Bonchev–Trinajstić information content (AvgIpc) is 3.17. The number of hydrogen-bond donors (Lipinski definition) is 1. The summed E-state index contributed by atoms with van der Waals surface area (Å²) in [5, 5.41) is 3.45. The Hall–Kier alpha value is -1.31. The van der Waals surface area contributed by atoms with E-state index in [-0.39, 0.29) is 0 Å². The summed E-state index contributed by atoms with van der Waals surface area (Å²) in [6, 6.07) is 2.36. The molecule has 0 aromatic carbocycles. The van der Waals surface area contributed by atoms with Crippen molar-refractivity contribution in [2.75, 3.05) is 11.9 Å². The van der Waals surface area contributed by atoms with Gasteiger partial charge in [-0.1, -0.05) is 31.3 Å². The highest BCUT2D eigenvalue weighted by molar-refractivity contribution is 5.68. The first-order valence-electron chi connectivity index (χ1n) is 8.67. The van der Waals surface area contributed by atoms with Crippen molar-refractivity contribution < 1.29 is 0 Å². The third-order valence-electron chi connectivity index (χ3n) is 4.80. The van der Waals surface area contributed by atoms with Crippen LogP contribution in [0.2, 0.25) is 0 Å². The van der Waals surface area contributed by atoms with Crippen LogP contribution in [0.5, 0.6) is 0 Å². The van der Waals surface area contributed by atoms with Crippen LogP contribution < -0.4 is 5.32 Å². The topological polar surface area (TPSA) is 24.9 Å². The van der Waals surface area contributed by atoms with E-state index in [4.69, 9.17) is 4.98 Å². The summed E-state index contributed by atoms with van der Waals surface area (Å²) in [4.78, 5) is 4.79. The normalized spacial score (nSPS) is 18.0. The largest absolute Gasteiger partial charge is 0.370 e. The van der Waals surface area contributed by atoms with Crippen molar-refractivity contribution in [2.45, 2.75) is 70.6 Å². The van der Waals surface area contributed by atoms with Gasteiger partial charge >= 0.3 is 0 Å². The molecule has 1 unspecified atom stereocenters. The van der Waals surface area contributed by atoms with E-state index < -0.39 is 0 Å². The van der Waals surface area contributed by atoms with Gasteiger partial charge in [0.25, 0.3) is 0 Å². The predicted molar refractivity (Wildman–Crippen MR) is 90.0 cm³/mol. The van der Waals surface area contributed by atoms with Crippen LogP contribution in [0.15, 0.2) is 18.2 Å². The van der Waals surface area contributed by atoms with E-state index >= 15 is 0 Å². The number of nitrogens with zero attached hydrogens (tertiary/aromatic N) is 1. The van der Waals surface area contributed by atoms with Crippen LogP contribution in [0.25, 0.3) is 0 Å². The maximum Gasteiger partial charge on any atom is 0.130 e. The molecule has 1 atom stereocenters. The number of aryl methyl sites for hydroxylation is 1. The molecule has 0 spiro atoms. The van der Waals surface area contributed by atoms with Crippen LogP contribution in [0.4, 0.5) is 5.82 Å². The van der Waals surface area contributed by atoms with E-state index in [1.807, 2.05) is 0 Å². The molecule has 1 N–H and O–H groups in total. The lowest BCUT2D eigenvalue weighted by atomic mass is 10.1. The quantitative estimate of drug-likeness (QED) is 0.498. The minimum atomic E-state index is 0.760. The van der Waals surface area contributed by atoms with E-state index in [0.29, 0.717) is 0 Å². The standard InChI is InChI=1S/C19H28N2/c1-14(2)9-7-5-3-4-6-8-10-15-13-17-16-11-12-20-19(21-15)18(16)17/h13,16H,1,3-12H2,2H3,(H,20,21). The summed E-state index contributed by atoms with van der Waals surface area (Å²) >= 11 is 0. The number of unbranched alkanes of at least 4 members (excludes halogenated alkanes) is 5. The van der Waals surface area contributed by atoms with E-state index in [1.54, 1.807) is 5.56 Å². The Morgan fingerprint density at radius 2 is 2.00 bits per heavy atom. The second-order valence-electron chi connectivity index (χ2n) is 6.81. The Morgan fingerprint density at radius 1 is 1.24 bits per heavy atom. The Balaban J connectivity index is 1.31. The minimum Gasteiger partial charge on any atom is -0.370 e. The Morgan fingerprint density at radius 3 is 2.81 bits per heavy atom. The molecule has 1 aromatic rings. The number of pyridine rings is 1. The molecule has 1 aromatic heterocycles. The lowest BCUT2D eigenvalue weighted by molar-refractivity contribution is 0.591. The summed E-state index contributed by atoms with van der Waals surface area (Å²) < 4.78 is 0. The number of allylic oxidation sites excluding steroid dienone is 1. The highest BCUT2D eigenvalue weighted by Gasteiger charge is 2.39. The first kappa shape index (κ1) is 14.6. The van der Waals surface area contributed by atoms with Gasteiger partial charge in [-0.3, -0.25) is 0 Å². The molecule has 0 bridgehead atoms. The number of fused-ring (bicyclic) bond motifs is 1. The molecule has 0 fully saturated rings. The van der Waals surface area contributed by atoms with Gasteiger partial charge in [-0.2, -0.15) is 0 Å². The van der Waals surface area contributed by atoms with Gasteiger partial charge in [0.1, 0.15) is 5.82 Å². The van der Waals surface area contributed by atoms with Crippen LogP contribution in [-0.4, -0.2) is 11.5 Å². The zero-order chi connectivity index (χ0) is 14.7. The fourth-order valence-electron chi connectivity index (χ4n) is 3.52. The van der Waals surface area contributed by atoms with Gasteiger partial charge in [0.05, 0.1) is 0 Å². The SMILES string of the molecule is C=C(C)CCCCCCCCc1cc2c3c(n1)NCCC23. The van der Waals surface area contributed by atoms with Crippen LogP contribution in [0.1, 0.15) is 81.0 Å². The van der Waals surface area contributed by atoms with Gasteiger partial charge in [0.2, 0.25) is 0 Å². The summed E-state index contributed by atoms with van der Waals surface area (Å²) in [5.74, 6) is 1.95. The number of anilines is 1. The molecule has 2 heterocycles. The Labute approximate surface area is 129 Å². The average molecular weight is 284 g/mol. The Kier molecular flexibility index (Phi) is 4.62. The third-order valence-corrected chi connectivity index (χ3v) is 4.80. The summed E-state index contributed by atoms with van der Waals surface area (Å²) in [6.45, 7) is 7.19. The molecule has 2 heteroatoms. The van der Waals surface area contributed by atoms with Crippen molar-refractivity contribution in [1.82, 2.24) is 4.98 Å². The van der Waals surface area contributed by atoms with Gasteiger partial charge in [0, 0.05) is 23.7 Å². The lowest BCUT2D eigenvalue weighted by Crippen LogP contribution is -2.08. The molecule has 0 saturated carbocycles. The molecule has 21 heavy (non-hydrogen) atoms. The molecular formula is C19H28N2. The number of rotatable bonds is 9. The minimum absolute atomic E-state index is 0.760. The first-order chi connectivity index (χ1) is 10.3. The zero-order valence-corrected chi connectivity index (χ0v) is 13.4. The molecular weight excluding hydrogens is 256 g/mol. The van der Waals surface area contributed by atoms with Crippen molar-refractivity contribution in [2.24, 2.45) is 0 Å². The van der Waals surface area contributed by atoms with Crippen molar-refractivity contribution in [3.8, 4) is 0 Å². The number of aromatic nitrogens is 1. The Bertz CT molecular complexity index is 519. The summed E-state index contributed by atoms with van der Waals surface area (Å²) in [7, 11) is 0. The first-order valence-corrected chi connectivity index (χ1v) is 8.67. The number of hydrogen-bond acceptors (Lipinski definition) is 2. The van der Waals surface area contributed by atoms with E-state index in [9.17, 15) is 0 Å². The molecule has 0 saturated heterocycles. The van der Waals surface area contributed by atoms with E-state index in [2.05, 4.69) is 24.9 Å². The highest BCUT2D eigenvalue weighted by Crippen LogP contribution is 2.52. The summed E-state index contributed by atoms with van der Waals surface area (Å²) in [6.07, 6.45) is 11.7. The second kappa shape index (κ2) is 6.64. The van der Waals surface area contributed by atoms with Crippen molar-refractivity contribution in [3.63, 3.8) is 0 Å². The molecule has 0 radical (unpaired) electrons. The third kappa shape index (κ3) is 3.66. The van der Waals surface area contributed by atoms with Crippen LogP contribution in [-0.2, 0) is 6.42 Å². The maximum absolute atomic E-state index is 4.79. The van der Waals surface area contributed by atoms with Crippen LogP contribution >= 0.6 is 0 Å². The van der Waals surface area contributed by atoms with Gasteiger partial charge < -0.3 is 5.32 Å². The molecule has 3 rings (SSSR count). The van der Waals surface area contributed by atoms with Crippen molar-refractivity contribution in [1.29, 1.82) is 0 Å². The fraction of sp³-hybridized carbons (Fsp3) is 0.632. The lowest BCUT2D eigenvalue weighted by Gasteiger charge is -2.10. The highest BCUT2D eigenvalue weighted by atomic mass is 15.0. The molecule has 0 amide bonds. The smallest absolute Gasteiger partial charge is 0.130 e. The number of nitrogens with one attached hydrogen (secondary N) is 1. The summed E-state index contributed by atoms with van der Waals surface area (Å²) in [5.41, 5.74) is 5.73. The maximum atomic E-state index is 4.79. The van der Waals surface area contributed by atoms with Gasteiger partial charge in [0.15, 0.2) is 0 Å². The molecule has 2 aliphatic rings. The van der Waals surface area contributed by atoms with E-state index in [0.717, 1.165) is 18.9 Å². The molecule has 1 aliphatic carbocycles. The van der Waals surface area contributed by atoms with Gasteiger partial charge in [-0.05, 0) is 50.7 Å². The van der Waals surface area contributed by atoms with Gasteiger partial charge in [-0.15, -0.1) is 6.58 Å². The van der Waals surface area contributed by atoms with Gasteiger partial charge in [-0.25, -0.2) is 4.98 Å². The molecule has 1 aliphatic heterocycles. The second-order valence-corrected chi connectivity index (χ2v) is 6.81. The van der Waals surface area contributed by atoms with Crippen LogP contribution in [0, 0.1) is 0 Å². The van der Waals surface area contributed by atoms with Crippen LogP contribution in [0.3, 0.4) is 0 Å². The molecule has 2 nitrogen and oxygen atoms in total. The zero-order valence-electron chi connectivity index (χ0n) is 13.4. The predicted octanol–water partition coefficient (Wildman–Crippen LogP) is 5.19. The van der Waals surface area contributed by atoms with E-state index in [1.165, 1.54) is 74.0 Å². The fourth-order valence-corrected chi connectivity index (χ4v) is 3.52. The molecule has 114 valence electrons. The van der Waals surface area contributed by atoms with Crippen molar-refractivity contribution >= 4 is 5.82 Å².